The molecule has 2 aromatic rings. The quantitative estimate of drug-likeness (QED) is 0.674. The van der Waals surface area contributed by atoms with Gasteiger partial charge in [0.2, 0.25) is 0 Å². The fourth-order valence-electron chi connectivity index (χ4n) is 2.90. The van der Waals surface area contributed by atoms with Gasteiger partial charge in [-0.05, 0) is 30.7 Å². The van der Waals surface area contributed by atoms with E-state index in [9.17, 15) is 4.79 Å². The molecule has 1 heterocycles. The van der Waals surface area contributed by atoms with Gasteiger partial charge in [0.25, 0.3) is 0 Å². The van der Waals surface area contributed by atoms with E-state index in [1.165, 1.54) is 17.3 Å². The molecule has 3 nitrogen and oxygen atoms in total. The summed E-state index contributed by atoms with van der Waals surface area (Å²) >= 11 is 1.52. The molecular formula is C19H21NO2S. The van der Waals surface area contributed by atoms with Crippen molar-refractivity contribution in [2.75, 3.05) is 18.8 Å². The van der Waals surface area contributed by atoms with E-state index in [0.29, 0.717) is 5.75 Å². The molecule has 1 N–H and O–H groups in total. The van der Waals surface area contributed by atoms with Gasteiger partial charge in [0.15, 0.2) is 0 Å². The minimum Gasteiger partial charge on any atom is -0.460 e. The molecule has 120 valence electrons. The molecule has 0 aromatic heterocycles. The van der Waals surface area contributed by atoms with Crippen molar-refractivity contribution < 1.29 is 9.53 Å². The van der Waals surface area contributed by atoms with E-state index in [4.69, 9.17) is 4.74 Å². The predicted molar refractivity (Wildman–Crippen MR) is 93.7 cm³/mol. The summed E-state index contributed by atoms with van der Waals surface area (Å²) in [5, 5.41) is 3.33. The fourth-order valence-corrected chi connectivity index (χ4v) is 3.60. The zero-order chi connectivity index (χ0) is 15.9. The van der Waals surface area contributed by atoms with Crippen molar-refractivity contribution in [3.8, 4) is 0 Å². The first-order valence-electron chi connectivity index (χ1n) is 7.96. The van der Waals surface area contributed by atoms with Crippen molar-refractivity contribution in [1.82, 2.24) is 5.32 Å². The van der Waals surface area contributed by atoms with Gasteiger partial charge in [0.05, 0.1) is 5.75 Å². The predicted octanol–water partition coefficient (Wildman–Crippen LogP) is 3.47. The summed E-state index contributed by atoms with van der Waals surface area (Å²) in [5.41, 5.74) is 1.25. The van der Waals surface area contributed by atoms with Crippen LogP contribution < -0.4 is 5.32 Å². The highest BCUT2D eigenvalue weighted by Gasteiger charge is 2.29. The maximum Gasteiger partial charge on any atom is 0.316 e. The highest BCUT2D eigenvalue weighted by molar-refractivity contribution is 8.00. The largest absolute Gasteiger partial charge is 0.460 e. The third-order valence-corrected chi connectivity index (χ3v) is 5.02. The molecule has 1 fully saturated rings. The van der Waals surface area contributed by atoms with Crippen LogP contribution in [0.1, 0.15) is 17.9 Å². The maximum absolute atomic E-state index is 12.2. The van der Waals surface area contributed by atoms with Crippen molar-refractivity contribution in [2.24, 2.45) is 0 Å². The Labute approximate surface area is 141 Å². The lowest BCUT2D eigenvalue weighted by Crippen LogP contribution is -2.42. The Balaban J connectivity index is 1.57. The number of ether oxygens (including phenoxy) is 1. The van der Waals surface area contributed by atoms with Crippen LogP contribution in [0.5, 0.6) is 0 Å². The van der Waals surface area contributed by atoms with Crippen LogP contribution in [-0.4, -0.2) is 30.9 Å². The molecule has 2 atom stereocenters. The second kappa shape index (κ2) is 8.18. The number of hydrogen-bond acceptors (Lipinski definition) is 4. The van der Waals surface area contributed by atoms with Gasteiger partial charge in [-0.3, -0.25) is 4.79 Å². The van der Waals surface area contributed by atoms with Gasteiger partial charge in [-0.2, -0.15) is 0 Å². The molecular weight excluding hydrogens is 306 g/mol. The van der Waals surface area contributed by atoms with Gasteiger partial charge < -0.3 is 10.1 Å². The van der Waals surface area contributed by atoms with Crippen molar-refractivity contribution in [2.45, 2.75) is 23.3 Å². The fraction of sp³-hybridized carbons (Fsp3) is 0.316. The highest BCUT2D eigenvalue weighted by atomic mass is 32.2. The van der Waals surface area contributed by atoms with Crippen LogP contribution in [0.25, 0.3) is 0 Å². The number of esters is 1. The summed E-state index contributed by atoms with van der Waals surface area (Å²) in [7, 11) is 0. The van der Waals surface area contributed by atoms with Gasteiger partial charge in [-0.1, -0.05) is 48.5 Å². The van der Waals surface area contributed by atoms with Gasteiger partial charge in [-0.15, -0.1) is 11.8 Å². The highest BCUT2D eigenvalue weighted by Crippen LogP contribution is 2.28. The van der Waals surface area contributed by atoms with Crippen LogP contribution in [0.4, 0.5) is 0 Å². The molecule has 0 amide bonds. The number of carbonyl (C=O) groups excluding carboxylic acids is 1. The normalized spacial score (nSPS) is 20.9. The van der Waals surface area contributed by atoms with Crippen molar-refractivity contribution >= 4 is 17.7 Å². The molecule has 0 unspecified atom stereocenters. The standard InChI is InChI=1S/C19H21NO2S/c21-19(14-23-16-9-5-2-6-10-16)22-18-13-20-12-11-17(18)15-7-3-1-4-8-15/h1-10,17-18,20H,11-14H2/t17-,18+/m0/s1. The zero-order valence-corrected chi connectivity index (χ0v) is 13.8. The van der Waals surface area contributed by atoms with Crippen LogP contribution in [0.15, 0.2) is 65.6 Å². The molecule has 0 radical (unpaired) electrons. The van der Waals surface area contributed by atoms with Crippen molar-refractivity contribution in [3.63, 3.8) is 0 Å². The average Bonchev–Trinajstić information content (AvgIpc) is 2.62. The Bertz CT molecular complexity index is 618. The summed E-state index contributed by atoms with van der Waals surface area (Å²) in [6, 6.07) is 20.3. The summed E-state index contributed by atoms with van der Waals surface area (Å²) < 4.78 is 5.76. The topological polar surface area (TPSA) is 38.3 Å². The van der Waals surface area contributed by atoms with Crippen LogP contribution in [0.2, 0.25) is 0 Å². The zero-order valence-electron chi connectivity index (χ0n) is 13.0. The molecule has 1 aliphatic heterocycles. The molecule has 1 aliphatic rings. The number of rotatable bonds is 5. The van der Waals surface area contributed by atoms with E-state index >= 15 is 0 Å². The summed E-state index contributed by atoms with van der Waals surface area (Å²) in [6.07, 6.45) is 0.906. The Hall–Kier alpha value is -1.78. The molecule has 3 rings (SSSR count). The molecule has 1 saturated heterocycles. The van der Waals surface area contributed by atoms with E-state index in [0.717, 1.165) is 24.4 Å². The Morgan fingerprint density at radius 1 is 1.09 bits per heavy atom. The average molecular weight is 327 g/mol. The number of benzene rings is 2. The van der Waals surface area contributed by atoms with E-state index in [1.54, 1.807) is 0 Å². The molecule has 0 spiro atoms. The van der Waals surface area contributed by atoms with Gasteiger partial charge >= 0.3 is 5.97 Å². The van der Waals surface area contributed by atoms with E-state index < -0.39 is 0 Å². The summed E-state index contributed by atoms with van der Waals surface area (Å²) in [4.78, 5) is 13.3. The molecule has 4 heteroatoms. The number of carbonyl (C=O) groups is 1. The van der Waals surface area contributed by atoms with E-state index in [1.807, 2.05) is 48.5 Å². The second-order valence-electron chi connectivity index (χ2n) is 5.64. The molecule has 23 heavy (non-hydrogen) atoms. The third kappa shape index (κ3) is 4.60. The number of hydrogen-bond donors (Lipinski definition) is 1. The lowest BCUT2D eigenvalue weighted by atomic mass is 9.88. The van der Waals surface area contributed by atoms with Crippen LogP contribution >= 0.6 is 11.8 Å². The smallest absolute Gasteiger partial charge is 0.316 e. The first kappa shape index (κ1) is 16.1. The number of nitrogens with one attached hydrogen (secondary N) is 1. The van der Waals surface area contributed by atoms with Crippen molar-refractivity contribution in [1.29, 1.82) is 0 Å². The third-order valence-electron chi connectivity index (χ3n) is 4.04. The monoisotopic (exact) mass is 327 g/mol. The Kier molecular flexibility index (Phi) is 5.72. The lowest BCUT2D eigenvalue weighted by Gasteiger charge is -2.32. The SMILES string of the molecule is O=C(CSc1ccccc1)O[C@@H]1CNCC[C@H]1c1ccccc1. The van der Waals surface area contributed by atoms with Crippen LogP contribution in [0, 0.1) is 0 Å². The Morgan fingerprint density at radius 2 is 1.78 bits per heavy atom. The molecule has 0 saturated carbocycles. The van der Waals surface area contributed by atoms with Crippen molar-refractivity contribution in [3.05, 3.63) is 66.2 Å². The first-order valence-corrected chi connectivity index (χ1v) is 8.94. The molecule has 0 bridgehead atoms. The molecule has 2 aromatic carbocycles. The van der Waals surface area contributed by atoms with Crippen LogP contribution in [0.3, 0.4) is 0 Å². The van der Waals surface area contributed by atoms with E-state index in [-0.39, 0.29) is 18.0 Å². The minimum atomic E-state index is -0.145. The summed E-state index contributed by atoms with van der Waals surface area (Å²) in [6.45, 7) is 1.69. The Morgan fingerprint density at radius 3 is 2.52 bits per heavy atom. The number of piperidine rings is 1. The molecule has 0 aliphatic carbocycles. The van der Waals surface area contributed by atoms with Gasteiger partial charge in [0, 0.05) is 17.4 Å². The minimum absolute atomic E-state index is 0.0879. The maximum atomic E-state index is 12.2. The van der Waals surface area contributed by atoms with Gasteiger partial charge in [-0.25, -0.2) is 0 Å². The van der Waals surface area contributed by atoms with Gasteiger partial charge in [0.1, 0.15) is 6.10 Å². The number of thioether (sulfide) groups is 1. The van der Waals surface area contributed by atoms with E-state index in [2.05, 4.69) is 17.4 Å². The lowest BCUT2D eigenvalue weighted by molar-refractivity contribution is -0.147. The second-order valence-corrected chi connectivity index (χ2v) is 6.69. The first-order chi connectivity index (χ1) is 11.3. The summed E-state index contributed by atoms with van der Waals surface area (Å²) in [5.74, 6) is 0.485. The van der Waals surface area contributed by atoms with Crippen LogP contribution in [-0.2, 0) is 9.53 Å².